The first-order valence-corrected chi connectivity index (χ1v) is 6.58. The number of Topliss-reactive ketones (excluding diaryl/α,β-unsaturated/α-hetero) is 1. The molecule has 96 valence electrons. The van der Waals surface area contributed by atoms with Crippen LogP contribution in [0.3, 0.4) is 0 Å². The zero-order chi connectivity index (χ0) is 13.2. The number of ketones is 1. The Hall–Kier alpha value is -0.730. The number of rotatable bonds is 4. The molecule has 0 saturated carbocycles. The normalized spacial score (nSPS) is 23.2. The maximum Gasteiger partial charge on any atom is 0.327 e. The van der Waals surface area contributed by atoms with E-state index >= 15 is 0 Å². The molecule has 1 amide bonds. The average Bonchev–Trinajstić information content (AvgIpc) is 2.75. The average molecular weight is 278 g/mol. The molecule has 1 aliphatic heterocycles. The standard InChI is InChI=1S/C9H14N2O4S2/c1-2-6(12)9(10,16)8(15)11-4-17-3-5(11)7(13)14/h5,16H,2-4,10H2,1H3,(H,13,14). The molecule has 0 aromatic rings. The zero-order valence-electron chi connectivity index (χ0n) is 9.25. The minimum Gasteiger partial charge on any atom is -0.480 e. The Morgan fingerprint density at radius 3 is 2.65 bits per heavy atom. The molecule has 0 radical (unpaired) electrons. The lowest BCUT2D eigenvalue weighted by Crippen LogP contribution is -2.58. The van der Waals surface area contributed by atoms with Crippen LogP contribution in [-0.4, -0.2) is 50.2 Å². The molecule has 8 heteroatoms. The molecule has 0 aliphatic carbocycles. The van der Waals surface area contributed by atoms with Gasteiger partial charge >= 0.3 is 5.97 Å². The van der Waals surface area contributed by atoms with Crippen molar-refractivity contribution in [1.82, 2.24) is 4.90 Å². The Labute approximate surface area is 108 Å². The number of carboxylic acids is 1. The molecule has 1 fully saturated rings. The van der Waals surface area contributed by atoms with E-state index in [0.29, 0.717) is 5.75 Å². The van der Waals surface area contributed by atoms with Crippen molar-refractivity contribution in [2.75, 3.05) is 11.6 Å². The topological polar surface area (TPSA) is 101 Å². The molecule has 1 saturated heterocycles. The van der Waals surface area contributed by atoms with E-state index in [1.807, 2.05) is 0 Å². The predicted molar refractivity (Wildman–Crippen MR) is 66.8 cm³/mol. The summed E-state index contributed by atoms with van der Waals surface area (Å²) in [6, 6.07) is -0.938. The third kappa shape index (κ3) is 2.75. The quantitative estimate of drug-likeness (QED) is 0.365. The number of thioether (sulfide) groups is 1. The molecule has 2 atom stereocenters. The number of carboxylic acid groups (broad SMARTS) is 1. The van der Waals surface area contributed by atoms with Gasteiger partial charge in [0.05, 0.1) is 5.88 Å². The lowest BCUT2D eigenvalue weighted by molar-refractivity contribution is -0.150. The molecule has 0 bridgehead atoms. The van der Waals surface area contributed by atoms with Crippen molar-refractivity contribution in [2.24, 2.45) is 5.73 Å². The summed E-state index contributed by atoms with van der Waals surface area (Å²) in [5, 5.41) is 8.94. The maximum absolute atomic E-state index is 12.0. The van der Waals surface area contributed by atoms with Gasteiger partial charge in [0, 0.05) is 12.2 Å². The molecule has 1 rings (SSSR count). The molecule has 1 heterocycles. The number of thiol groups is 1. The first kappa shape index (κ1) is 14.3. The third-order valence-electron chi connectivity index (χ3n) is 2.50. The first-order valence-electron chi connectivity index (χ1n) is 4.98. The molecule has 3 N–H and O–H groups in total. The summed E-state index contributed by atoms with van der Waals surface area (Å²) in [5.41, 5.74) is 5.58. The van der Waals surface area contributed by atoms with Gasteiger partial charge in [-0.3, -0.25) is 9.59 Å². The zero-order valence-corrected chi connectivity index (χ0v) is 11.0. The van der Waals surface area contributed by atoms with Gasteiger partial charge in [0.15, 0.2) is 10.7 Å². The summed E-state index contributed by atoms with van der Waals surface area (Å²) in [5.74, 6) is -1.86. The Bertz CT molecular complexity index is 359. The molecule has 0 aromatic heterocycles. The van der Waals surface area contributed by atoms with Crippen LogP contribution in [0.4, 0.5) is 0 Å². The highest BCUT2D eigenvalue weighted by Crippen LogP contribution is 2.25. The molecule has 17 heavy (non-hydrogen) atoms. The number of hydrogen-bond acceptors (Lipinski definition) is 6. The second-order valence-electron chi connectivity index (χ2n) is 3.67. The lowest BCUT2D eigenvalue weighted by Gasteiger charge is -2.28. The number of amides is 1. The van der Waals surface area contributed by atoms with Gasteiger partial charge in [-0.25, -0.2) is 4.79 Å². The summed E-state index contributed by atoms with van der Waals surface area (Å²) >= 11 is 5.18. The Kier molecular flexibility index (Phi) is 4.45. The summed E-state index contributed by atoms with van der Waals surface area (Å²) in [6.07, 6.45) is 0.0739. The van der Waals surface area contributed by atoms with Gasteiger partial charge in [-0.1, -0.05) is 6.92 Å². The number of nitrogens with zero attached hydrogens (tertiary/aromatic N) is 1. The van der Waals surface area contributed by atoms with E-state index in [4.69, 9.17) is 10.8 Å². The van der Waals surface area contributed by atoms with Crippen LogP contribution in [0.1, 0.15) is 13.3 Å². The Morgan fingerprint density at radius 1 is 1.59 bits per heavy atom. The molecule has 6 nitrogen and oxygen atoms in total. The molecular weight excluding hydrogens is 264 g/mol. The number of hydrogen-bond donors (Lipinski definition) is 3. The van der Waals surface area contributed by atoms with Crippen molar-refractivity contribution < 1.29 is 19.5 Å². The lowest BCUT2D eigenvalue weighted by atomic mass is 10.1. The molecule has 0 spiro atoms. The van der Waals surface area contributed by atoms with Crippen LogP contribution in [0.2, 0.25) is 0 Å². The van der Waals surface area contributed by atoms with Gasteiger partial charge in [-0.2, -0.15) is 0 Å². The molecular formula is C9H14N2O4S2. The SMILES string of the molecule is CCC(=O)C(N)(S)C(=O)N1CSCC1C(=O)O. The Morgan fingerprint density at radius 2 is 2.18 bits per heavy atom. The summed E-state index contributed by atoms with van der Waals surface area (Å²) in [6.45, 7) is 1.57. The highest BCUT2D eigenvalue weighted by atomic mass is 32.2. The summed E-state index contributed by atoms with van der Waals surface area (Å²) in [4.78, 5) is 33.6. The van der Waals surface area contributed by atoms with Crippen LogP contribution >= 0.6 is 24.4 Å². The van der Waals surface area contributed by atoms with E-state index in [-0.39, 0.29) is 12.3 Å². The van der Waals surface area contributed by atoms with Gasteiger partial charge in [0.2, 0.25) is 0 Å². The highest BCUT2D eigenvalue weighted by Gasteiger charge is 2.45. The van der Waals surface area contributed by atoms with Crippen LogP contribution in [0.25, 0.3) is 0 Å². The number of nitrogens with two attached hydrogens (primary N) is 1. The van der Waals surface area contributed by atoms with Crippen molar-refractivity contribution in [1.29, 1.82) is 0 Å². The fraction of sp³-hybridized carbons (Fsp3) is 0.667. The van der Waals surface area contributed by atoms with Crippen molar-refractivity contribution in [2.45, 2.75) is 24.3 Å². The van der Waals surface area contributed by atoms with Gasteiger partial charge in [-0.05, 0) is 0 Å². The van der Waals surface area contributed by atoms with E-state index in [2.05, 4.69) is 12.6 Å². The first-order chi connectivity index (χ1) is 7.82. The van der Waals surface area contributed by atoms with E-state index in [1.165, 1.54) is 11.8 Å². The fourth-order valence-electron chi connectivity index (χ4n) is 1.46. The van der Waals surface area contributed by atoms with Crippen LogP contribution in [0.5, 0.6) is 0 Å². The van der Waals surface area contributed by atoms with Crippen LogP contribution in [0.15, 0.2) is 0 Å². The third-order valence-corrected chi connectivity index (χ3v) is 3.95. The van der Waals surface area contributed by atoms with Crippen molar-refractivity contribution in [3.05, 3.63) is 0 Å². The number of aliphatic carboxylic acids is 1. The van der Waals surface area contributed by atoms with Crippen molar-refractivity contribution in [3.63, 3.8) is 0 Å². The van der Waals surface area contributed by atoms with Gasteiger partial charge in [0.1, 0.15) is 6.04 Å². The smallest absolute Gasteiger partial charge is 0.327 e. The minimum absolute atomic E-state index is 0.0739. The van der Waals surface area contributed by atoms with Gasteiger partial charge < -0.3 is 15.7 Å². The van der Waals surface area contributed by atoms with E-state index in [9.17, 15) is 14.4 Å². The molecule has 0 aromatic carbocycles. The maximum atomic E-state index is 12.0. The van der Waals surface area contributed by atoms with E-state index < -0.39 is 28.6 Å². The predicted octanol–water partition coefficient (Wildman–Crippen LogP) is -0.464. The minimum atomic E-state index is -1.94. The summed E-state index contributed by atoms with van der Waals surface area (Å²) in [7, 11) is 0. The second kappa shape index (κ2) is 5.28. The van der Waals surface area contributed by atoms with Crippen molar-refractivity contribution in [3.8, 4) is 0 Å². The Balaban J connectivity index is 2.89. The summed E-state index contributed by atoms with van der Waals surface area (Å²) < 4.78 is 0. The highest BCUT2D eigenvalue weighted by molar-refractivity contribution is 7.99. The van der Waals surface area contributed by atoms with Gasteiger partial charge in [-0.15, -0.1) is 24.4 Å². The van der Waals surface area contributed by atoms with Crippen LogP contribution < -0.4 is 5.73 Å². The number of carbonyl (C=O) groups is 3. The van der Waals surface area contributed by atoms with E-state index in [0.717, 1.165) is 4.90 Å². The van der Waals surface area contributed by atoms with E-state index in [1.54, 1.807) is 6.92 Å². The van der Waals surface area contributed by atoms with Crippen LogP contribution in [-0.2, 0) is 14.4 Å². The second-order valence-corrected chi connectivity index (χ2v) is 5.38. The number of carbonyl (C=O) groups excluding carboxylic acids is 2. The fourth-order valence-corrected chi connectivity index (χ4v) is 2.89. The van der Waals surface area contributed by atoms with Crippen LogP contribution in [0, 0.1) is 0 Å². The largest absolute Gasteiger partial charge is 0.480 e. The van der Waals surface area contributed by atoms with Crippen molar-refractivity contribution >= 4 is 42.1 Å². The monoisotopic (exact) mass is 278 g/mol. The molecule has 2 unspecified atom stereocenters. The van der Waals surface area contributed by atoms with Gasteiger partial charge in [0.25, 0.3) is 5.91 Å². The molecule has 1 aliphatic rings.